The maximum Gasteiger partial charge on any atom is 0.0351 e. The van der Waals surface area contributed by atoms with Crippen LogP contribution in [0.25, 0.3) is 27.8 Å². The summed E-state index contributed by atoms with van der Waals surface area (Å²) in [7, 11) is 0. The van der Waals surface area contributed by atoms with E-state index in [2.05, 4.69) is 109 Å². The van der Waals surface area contributed by atoms with Crippen LogP contribution >= 0.6 is 11.3 Å². The molecule has 180 valence electrons. The minimum atomic E-state index is 0.435. The Morgan fingerprint density at radius 3 is 2.68 bits per heavy atom. The summed E-state index contributed by atoms with van der Waals surface area (Å²) in [5.41, 5.74) is 7.77. The van der Waals surface area contributed by atoms with Crippen LogP contribution in [0.1, 0.15) is 29.7 Å². The summed E-state index contributed by atoms with van der Waals surface area (Å²) >= 11 is 2.00. The van der Waals surface area contributed by atoms with Crippen molar-refractivity contribution in [2.24, 2.45) is 23.7 Å². The van der Waals surface area contributed by atoms with Gasteiger partial charge < -0.3 is 0 Å². The molecule has 2 aromatic carbocycles. The maximum atomic E-state index is 2.62. The van der Waals surface area contributed by atoms with Crippen LogP contribution in [0.5, 0.6) is 0 Å². The summed E-state index contributed by atoms with van der Waals surface area (Å²) in [4.78, 5) is 1.57. The predicted molar refractivity (Wildman–Crippen MR) is 158 cm³/mol. The molecule has 0 amide bonds. The third kappa shape index (κ3) is 3.48. The van der Waals surface area contributed by atoms with Gasteiger partial charge in [-0.2, -0.15) is 0 Å². The Morgan fingerprint density at radius 2 is 1.68 bits per heavy atom. The maximum absolute atomic E-state index is 2.62. The van der Waals surface area contributed by atoms with Gasteiger partial charge in [-0.1, -0.05) is 109 Å². The van der Waals surface area contributed by atoms with Crippen LogP contribution in [-0.2, 0) is 6.42 Å². The van der Waals surface area contributed by atoms with E-state index in [-0.39, 0.29) is 0 Å². The fourth-order valence-corrected chi connectivity index (χ4v) is 8.63. The molecule has 8 rings (SSSR count). The average Bonchev–Trinajstić information content (AvgIpc) is 3.34. The Hall–Kier alpha value is -3.42. The molecule has 4 unspecified atom stereocenters. The Labute approximate surface area is 222 Å². The molecule has 0 saturated heterocycles. The lowest BCUT2D eigenvalue weighted by Crippen LogP contribution is -2.37. The Kier molecular flexibility index (Phi) is 5.01. The standard InChI is InChI=1S/C36H30S/c1-4-12-28-24(9-1)19-26(23-17-18-32-31-15-7-8-16-35(31)37-36(32)22-23)21-33(28)34-20-25-10-2-3-11-27(25)29-13-5-6-14-30(29)34/h1-3,5-11,13-20,23,26,30,34H,4,12,21-22H2. The summed E-state index contributed by atoms with van der Waals surface area (Å²) in [6.45, 7) is 0. The second-order valence-electron chi connectivity index (χ2n) is 11.1. The van der Waals surface area contributed by atoms with Gasteiger partial charge in [0.2, 0.25) is 0 Å². The Morgan fingerprint density at radius 1 is 0.757 bits per heavy atom. The molecule has 1 heteroatoms. The largest absolute Gasteiger partial charge is 0.140 e. The number of allylic oxidation sites excluding steroid dienone is 11. The van der Waals surface area contributed by atoms with Gasteiger partial charge in [0.15, 0.2) is 0 Å². The Balaban J connectivity index is 1.20. The summed E-state index contributed by atoms with van der Waals surface area (Å²) < 4.78 is 1.42. The van der Waals surface area contributed by atoms with Gasteiger partial charge in [-0.05, 0) is 81.7 Å². The van der Waals surface area contributed by atoms with Crippen molar-refractivity contribution in [3.63, 3.8) is 0 Å². The van der Waals surface area contributed by atoms with Crippen LogP contribution < -0.4 is 10.4 Å². The summed E-state index contributed by atoms with van der Waals surface area (Å²) in [6, 6.07) is 17.9. The quantitative estimate of drug-likeness (QED) is 0.343. The topological polar surface area (TPSA) is 0 Å². The molecule has 1 heterocycles. The number of rotatable bonds is 2. The highest BCUT2D eigenvalue weighted by molar-refractivity contribution is 7.19. The SMILES string of the molecule is C1=CC2=c3ccccc3=CC(C3=C4CCC=CC4=CC(C4C=Cc5c(sc6ccccc56)C4)C3)C2C=C1. The van der Waals surface area contributed by atoms with Crippen LogP contribution in [0.4, 0.5) is 0 Å². The lowest BCUT2D eigenvalue weighted by atomic mass is 9.66. The van der Waals surface area contributed by atoms with E-state index in [9.17, 15) is 0 Å². The number of hydrogen-bond donors (Lipinski definition) is 0. The first-order valence-corrected chi connectivity index (χ1v) is 14.6. The molecule has 1 aromatic heterocycles. The van der Waals surface area contributed by atoms with Gasteiger partial charge in [-0.25, -0.2) is 0 Å². The smallest absolute Gasteiger partial charge is 0.0351 e. The second-order valence-corrected chi connectivity index (χ2v) is 12.2. The third-order valence-corrected chi connectivity index (χ3v) is 10.3. The first kappa shape index (κ1) is 21.6. The van der Waals surface area contributed by atoms with Crippen LogP contribution in [0.15, 0.2) is 114 Å². The number of hydrogen-bond acceptors (Lipinski definition) is 1. The van der Waals surface area contributed by atoms with Crippen molar-refractivity contribution in [1.82, 2.24) is 0 Å². The molecular weight excluding hydrogens is 464 g/mol. The fourth-order valence-electron chi connectivity index (χ4n) is 7.37. The molecular formula is C36H30S. The third-order valence-electron chi connectivity index (χ3n) is 9.12. The summed E-state index contributed by atoms with van der Waals surface area (Å²) in [5.74, 6) is 1.97. The number of fused-ring (bicyclic) bond motifs is 6. The molecule has 5 aliphatic carbocycles. The van der Waals surface area contributed by atoms with E-state index in [0.29, 0.717) is 23.7 Å². The van der Waals surface area contributed by atoms with Gasteiger partial charge in [-0.3, -0.25) is 0 Å². The van der Waals surface area contributed by atoms with Crippen molar-refractivity contribution in [2.75, 3.05) is 0 Å². The van der Waals surface area contributed by atoms with Crippen LogP contribution in [-0.4, -0.2) is 0 Å². The van der Waals surface area contributed by atoms with Crippen molar-refractivity contribution in [3.8, 4) is 0 Å². The minimum Gasteiger partial charge on any atom is -0.140 e. The highest BCUT2D eigenvalue weighted by Gasteiger charge is 2.35. The van der Waals surface area contributed by atoms with Crippen molar-refractivity contribution < 1.29 is 0 Å². The molecule has 0 N–H and O–H groups in total. The molecule has 0 nitrogen and oxygen atoms in total. The number of benzene rings is 2. The molecule has 0 bridgehead atoms. The Bertz CT molecular complexity index is 1750. The minimum absolute atomic E-state index is 0.435. The first-order valence-electron chi connectivity index (χ1n) is 13.8. The van der Waals surface area contributed by atoms with E-state index in [0.717, 1.165) is 12.8 Å². The summed E-state index contributed by atoms with van der Waals surface area (Å²) in [6.07, 6.45) is 28.9. The molecule has 37 heavy (non-hydrogen) atoms. The molecule has 0 fully saturated rings. The second kappa shape index (κ2) is 8.57. The fraction of sp³-hybridized carbons (Fsp3) is 0.222. The van der Waals surface area contributed by atoms with E-state index >= 15 is 0 Å². The molecule has 0 aliphatic heterocycles. The molecule has 0 radical (unpaired) electrons. The average molecular weight is 495 g/mol. The van der Waals surface area contributed by atoms with Gasteiger partial charge in [0.25, 0.3) is 0 Å². The number of thiophene rings is 1. The van der Waals surface area contributed by atoms with Gasteiger partial charge in [-0.15, -0.1) is 11.3 Å². The van der Waals surface area contributed by atoms with Crippen LogP contribution in [0.2, 0.25) is 0 Å². The van der Waals surface area contributed by atoms with Gasteiger partial charge in [0.05, 0.1) is 0 Å². The van der Waals surface area contributed by atoms with E-state index in [4.69, 9.17) is 0 Å². The predicted octanol–water partition coefficient (Wildman–Crippen LogP) is 7.68. The van der Waals surface area contributed by atoms with E-state index in [1.54, 1.807) is 16.0 Å². The zero-order chi connectivity index (χ0) is 24.3. The van der Waals surface area contributed by atoms with E-state index in [1.807, 2.05) is 11.3 Å². The van der Waals surface area contributed by atoms with Crippen molar-refractivity contribution in [3.05, 3.63) is 135 Å². The highest BCUT2D eigenvalue weighted by Crippen LogP contribution is 2.48. The monoisotopic (exact) mass is 494 g/mol. The first-order chi connectivity index (χ1) is 18.3. The molecule has 4 atom stereocenters. The van der Waals surface area contributed by atoms with Crippen LogP contribution in [0, 0.1) is 23.7 Å². The van der Waals surface area contributed by atoms with Crippen molar-refractivity contribution in [2.45, 2.75) is 25.7 Å². The normalized spacial score (nSPS) is 27.4. The summed E-state index contributed by atoms with van der Waals surface area (Å²) in [5, 5.41) is 4.24. The van der Waals surface area contributed by atoms with Gasteiger partial charge >= 0.3 is 0 Å². The van der Waals surface area contributed by atoms with Gasteiger partial charge in [0, 0.05) is 21.4 Å². The van der Waals surface area contributed by atoms with E-state index in [1.165, 1.54) is 50.1 Å². The zero-order valence-corrected chi connectivity index (χ0v) is 21.8. The zero-order valence-electron chi connectivity index (χ0n) is 20.9. The van der Waals surface area contributed by atoms with Crippen molar-refractivity contribution in [1.29, 1.82) is 0 Å². The molecule has 5 aliphatic rings. The highest BCUT2D eigenvalue weighted by atomic mass is 32.1. The van der Waals surface area contributed by atoms with Crippen LogP contribution in [0.3, 0.4) is 0 Å². The van der Waals surface area contributed by atoms with E-state index < -0.39 is 0 Å². The molecule has 3 aromatic rings. The van der Waals surface area contributed by atoms with Gasteiger partial charge in [0.1, 0.15) is 0 Å². The molecule has 0 saturated carbocycles. The lowest BCUT2D eigenvalue weighted by molar-refractivity contribution is 0.440. The lowest BCUT2D eigenvalue weighted by Gasteiger charge is -2.38. The van der Waals surface area contributed by atoms with Crippen molar-refractivity contribution >= 4 is 39.1 Å². The molecule has 0 spiro atoms.